The van der Waals surface area contributed by atoms with E-state index in [1.54, 1.807) is 6.92 Å². The number of nitro groups is 1. The van der Waals surface area contributed by atoms with Crippen LogP contribution in [-0.4, -0.2) is 18.3 Å². The van der Waals surface area contributed by atoms with E-state index in [2.05, 4.69) is 25.6 Å². The summed E-state index contributed by atoms with van der Waals surface area (Å²) in [4.78, 5) is 14.0. The lowest BCUT2D eigenvalue weighted by Crippen LogP contribution is -2.14. The minimum atomic E-state index is -3.96. The molecule has 0 amide bonds. The van der Waals surface area contributed by atoms with Gasteiger partial charge in [-0.2, -0.15) is 0 Å². The van der Waals surface area contributed by atoms with Gasteiger partial charge >= 0.3 is 0 Å². The Kier molecular flexibility index (Phi) is 4.24. The Balaban J connectivity index is 2.46. The molecule has 0 saturated heterocycles. The zero-order chi connectivity index (χ0) is 15.6. The third-order valence-electron chi connectivity index (χ3n) is 2.58. The van der Waals surface area contributed by atoms with Crippen molar-refractivity contribution in [3.63, 3.8) is 0 Å². The largest absolute Gasteiger partial charge is 0.293 e. The molecule has 110 valence electrons. The molecule has 0 atom stereocenters. The maximum Gasteiger partial charge on any atom is 0.293 e. The third kappa shape index (κ3) is 3.56. The fraction of sp³-hybridized carbons (Fsp3) is 0.0833. The number of anilines is 1. The molecule has 1 heterocycles. The van der Waals surface area contributed by atoms with Crippen LogP contribution in [0, 0.1) is 17.0 Å². The van der Waals surface area contributed by atoms with Gasteiger partial charge in [0.2, 0.25) is 0 Å². The fourth-order valence-corrected chi connectivity index (χ4v) is 3.20. The molecule has 1 aromatic carbocycles. The number of pyridine rings is 1. The van der Waals surface area contributed by atoms with Gasteiger partial charge < -0.3 is 0 Å². The molecule has 1 aromatic heterocycles. The van der Waals surface area contributed by atoms with Gasteiger partial charge in [0.25, 0.3) is 15.7 Å². The van der Waals surface area contributed by atoms with Crippen LogP contribution in [0.1, 0.15) is 5.56 Å². The van der Waals surface area contributed by atoms with Crippen LogP contribution in [0.3, 0.4) is 0 Å². The van der Waals surface area contributed by atoms with Gasteiger partial charge in [-0.3, -0.25) is 19.8 Å². The maximum absolute atomic E-state index is 12.2. The zero-order valence-corrected chi connectivity index (χ0v) is 13.2. The molecule has 0 bridgehead atoms. The molecule has 0 unspecified atom stereocenters. The van der Waals surface area contributed by atoms with E-state index >= 15 is 0 Å². The number of halogens is 1. The Morgan fingerprint density at radius 1 is 1.29 bits per heavy atom. The van der Waals surface area contributed by atoms with Crippen molar-refractivity contribution < 1.29 is 13.3 Å². The first-order chi connectivity index (χ1) is 9.79. The van der Waals surface area contributed by atoms with Crippen molar-refractivity contribution in [2.75, 3.05) is 4.72 Å². The lowest BCUT2D eigenvalue weighted by molar-refractivity contribution is -0.383. The highest BCUT2D eigenvalue weighted by molar-refractivity contribution is 9.10. The molecule has 2 aromatic rings. The summed E-state index contributed by atoms with van der Waals surface area (Å²) >= 11 is 3.13. The van der Waals surface area contributed by atoms with Crippen LogP contribution in [0.15, 0.2) is 46.0 Å². The molecule has 0 aliphatic carbocycles. The molecule has 0 radical (unpaired) electrons. The number of nitro benzene ring substituents is 1. The molecule has 21 heavy (non-hydrogen) atoms. The number of rotatable bonds is 4. The first-order valence-corrected chi connectivity index (χ1v) is 7.95. The minimum absolute atomic E-state index is 0.0834. The highest BCUT2D eigenvalue weighted by Gasteiger charge is 2.21. The van der Waals surface area contributed by atoms with Gasteiger partial charge in [-0.15, -0.1) is 0 Å². The molecule has 2 rings (SSSR count). The summed E-state index contributed by atoms with van der Waals surface area (Å²) in [6.45, 7) is 1.71. The van der Waals surface area contributed by atoms with Gasteiger partial charge in [0.15, 0.2) is 0 Å². The van der Waals surface area contributed by atoms with Crippen LogP contribution in [-0.2, 0) is 10.0 Å². The number of nitrogens with one attached hydrogen (secondary N) is 1. The van der Waals surface area contributed by atoms with Gasteiger partial charge in [-0.05, 0) is 40.5 Å². The Hall–Kier alpha value is -2.00. The Labute approximate surface area is 129 Å². The first kappa shape index (κ1) is 15.4. The molecule has 0 aliphatic rings. The van der Waals surface area contributed by atoms with Crippen LogP contribution in [0.4, 0.5) is 11.4 Å². The van der Waals surface area contributed by atoms with Crippen molar-refractivity contribution in [2.24, 2.45) is 0 Å². The maximum atomic E-state index is 12.2. The number of aromatic nitrogens is 1. The molecule has 0 fully saturated rings. The Bertz CT molecular complexity index is 808. The lowest BCUT2D eigenvalue weighted by Gasteiger charge is -2.09. The fourth-order valence-electron chi connectivity index (χ4n) is 1.63. The lowest BCUT2D eigenvalue weighted by atomic mass is 10.2. The van der Waals surface area contributed by atoms with E-state index in [0.717, 1.165) is 6.20 Å². The van der Waals surface area contributed by atoms with Crippen molar-refractivity contribution in [1.82, 2.24) is 4.98 Å². The summed E-state index contributed by atoms with van der Waals surface area (Å²) in [5, 5.41) is 11.0. The SMILES string of the molecule is Cc1ccc([N+](=O)[O-])c(NS(=O)(=O)c2cncc(Br)c2)c1. The van der Waals surface area contributed by atoms with Crippen molar-refractivity contribution >= 4 is 37.3 Å². The van der Waals surface area contributed by atoms with Gasteiger partial charge in [-0.1, -0.05) is 6.07 Å². The van der Waals surface area contributed by atoms with Crippen molar-refractivity contribution in [2.45, 2.75) is 11.8 Å². The molecule has 0 aliphatic heterocycles. The minimum Gasteiger partial charge on any atom is -0.273 e. The Morgan fingerprint density at radius 3 is 2.62 bits per heavy atom. The first-order valence-electron chi connectivity index (χ1n) is 5.68. The molecule has 0 spiro atoms. The second-order valence-electron chi connectivity index (χ2n) is 4.22. The number of nitrogens with zero attached hydrogens (tertiary/aromatic N) is 2. The summed E-state index contributed by atoms with van der Waals surface area (Å²) in [7, 11) is -3.96. The quantitative estimate of drug-likeness (QED) is 0.657. The average Bonchev–Trinajstić information content (AvgIpc) is 2.38. The number of benzene rings is 1. The van der Waals surface area contributed by atoms with E-state index in [4.69, 9.17) is 0 Å². The molecule has 7 nitrogen and oxygen atoms in total. The van der Waals surface area contributed by atoms with Gasteiger partial charge in [0.05, 0.1) is 4.92 Å². The highest BCUT2D eigenvalue weighted by atomic mass is 79.9. The summed E-state index contributed by atoms with van der Waals surface area (Å²) in [5.74, 6) is 0. The monoisotopic (exact) mass is 371 g/mol. The molecule has 0 saturated carbocycles. The summed E-state index contributed by atoms with van der Waals surface area (Å²) in [6.07, 6.45) is 2.60. The van der Waals surface area contributed by atoms with E-state index in [1.165, 1.54) is 30.5 Å². The van der Waals surface area contributed by atoms with Crippen molar-refractivity contribution in [3.05, 3.63) is 56.8 Å². The summed E-state index contributed by atoms with van der Waals surface area (Å²) < 4.78 is 27.2. The van der Waals surface area contributed by atoms with Crippen LogP contribution >= 0.6 is 15.9 Å². The normalized spacial score (nSPS) is 11.1. The predicted molar refractivity (Wildman–Crippen MR) is 80.6 cm³/mol. The second kappa shape index (κ2) is 5.78. The van der Waals surface area contributed by atoms with Crippen molar-refractivity contribution in [1.29, 1.82) is 0 Å². The highest BCUT2D eigenvalue weighted by Crippen LogP contribution is 2.28. The van der Waals surface area contributed by atoms with Crippen LogP contribution in [0.2, 0.25) is 0 Å². The van der Waals surface area contributed by atoms with Crippen molar-refractivity contribution in [3.8, 4) is 0 Å². The molecular weight excluding hydrogens is 362 g/mol. The number of hydrogen-bond acceptors (Lipinski definition) is 5. The number of sulfonamides is 1. The smallest absolute Gasteiger partial charge is 0.273 e. The van der Waals surface area contributed by atoms with Crippen LogP contribution in [0.25, 0.3) is 0 Å². The Morgan fingerprint density at radius 2 is 2.00 bits per heavy atom. The van der Waals surface area contributed by atoms with Gasteiger partial charge in [-0.25, -0.2) is 8.42 Å². The van der Waals surface area contributed by atoms with E-state index < -0.39 is 14.9 Å². The molecule has 9 heteroatoms. The topological polar surface area (TPSA) is 102 Å². The van der Waals surface area contributed by atoms with Gasteiger partial charge in [0.1, 0.15) is 10.6 Å². The number of hydrogen-bond donors (Lipinski definition) is 1. The van der Waals surface area contributed by atoms with E-state index in [1.807, 2.05) is 0 Å². The zero-order valence-electron chi connectivity index (χ0n) is 10.8. The second-order valence-corrected chi connectivity index (χ2v) is 6.82. The van der Waals surface area contributed by atoms with Crippen LogP contribution < -0.4 is 4.72 Å². The summed E-state index contributed by atoms with van der Waals surface area (Å²) in [6, 6.07) is 5.56. The van der Waals surface area contributed by atoms with E-state index in [-0.39, 0.29) is 16.3 Å². The molecular formula is C12H10BrN3O4S. The van der Waals surface area contributed by atoms with Gasteiger partial charge in [0, 0.05) is 22.9 Å². The molecule has 1 N–H and O–H groups in total. The van der Waals surface area contributed by atoms with Crippen LogP contribution in [0.5, 0.6) is 0 Å². The average molecular weight is 372 g/mol. The number of aryl methyl sites for hydroxylation is 1. The summed E-state index contributed by atoms with van der Waals surface area (Å²) in [5.41, 5.74) is 0.303. The van der Waals surface area contributed by atoms with E-state index in [0.29, 0.717) is 10.0 Å². The third-order valence-corrected chi connectivity index (χ3v) is 4.35. The predicted octanol–water partition coefficient (Wildman–Crippen LogP) is 2.86. The van der Waals surface area contributed by atoms with E-state index in [9.17, 15) is 18.5 Å². The standard InChI is InChI=1S/C12H10BrN3O4S/c1-8-2-3-12(16(17)18)11(4-8)15-21(19,20)10-5-9(13)6-14-7-10/h2-7,15H,1H3.